The molecular formula is C16H17Cl2N3O3S. The van der Waals surface area contributed by atoms with Gasteiger partial charge in [-0.15, -0.1) is 0 Å². The fraction of sp³-hybridized carbons (Fsp3) is 0.250. The van der Waals surface area contributed by atoms with Crippen molar-refractivity contribution in [3.63, 3.8) is 0 Å². The normalized spacial score (nSPS) is 11.7. The fourth-order valence-electron chi connectivity index (χ4n) is 2.02. The van der Waals surface area contributed by atoms with Gasteiger partial charge < -0.3 is 14.5 Å². The number of nitrogens with one attached hydrogen (secondary N) is 3. The van der Waals surface area contributed by atoms with Gasteiger partial charge in [0, 0.05) is 23.7 Å². The summed E-state index contributed by atoms with van der Waals surface area (Å²) in [5.74, 6) is 0.0614. The van der Waals surface area contributed by atoms with Gasteiger partial charge in [0.15, 0.2) is 10.9 Å². The monoisotopic (exact) mass is 401 g/mol. The molecule has 1 amide bonds. The van der Waals surface area contributed by atoms with Crippen LogP contribution in [0.25, 0.3) is 11.3 Å². The first-order valence-electron chi connectivity index (χ1n) is 7.31. The summed E-state index contributed by atoms with van der Waals surface area (Å²) < 4.78 is 10.5. The van der Waals surface area contributed by atoms with Crippen molar-refractivity contribution in [2.24, 2.45) is 0 Å². The zero-order valence-electron chi connectivity index (χ0n) is 13.6. The smallest absolute Gasteiger partial charge is 0.305 e. The van der Waals surface area contributed by atoms with Crippen LogP contribution in [0.2, 0.25) is 10.0 Å². The zero-order valence-corrected chi connectivity index (χ0v) is 15.9. The van der Waals surface area contributed by atoms with E-state index < -0.39 is 5.91 Å². The third-order valence-corrected chi connectivity index (χ3v) is 3.89. The number of methoxy groups -OCH3 is 1. The van der Waals surface area contributed by atoms with E-state index in [1.165, 1.54) is 6.07 Å². The molecule has 6 nitrogen and oxygen atoms in total. The van der Waals surface area contributed by atoms with Gasteiger partial charge in [-0.05, 0) is 49.5 Å². The summed E-state index contributed by atoms with van der Waals surface area (Å²) >= 11 is 17.2. The molecule has 2 aromatic rings. The number of carbonyl (C=O) groups excluding carboxylic acids is 1. The standard InChI is InChI=1S/C16H17Cl2N3O3S/c1-9(8-23-2)19-16(25)21-20-15(22)14-6-5-13(24-14)11-7-10(17)3-4-12(11)18/h3-7,9H,8H2,1-2H3,(H,20,22)(H2,19,21,25)/t9-/m1/s1. The Morgan fingerprint density at radius 2 is 2.04 bits per heavy atom. The molecule has 1 aromatic heterocycles. The number of amides is 1. The second-order valence-electron chi connectivity index (χ2n) is 5.20. The minimum absolute atomic E-state index is 0.00193. The third kappa shape index (κ3) is 5.61. The summed E-state index contributed by atoms with van der Waals surface area (Å²) in [4.78, 5) is 12.1. The molecule has 0 bridgehead atoms. The van der Waals surface area contributed by atoms with Crippen molar-refractivity contribution < 1.29 is 13.9 Å². The molecule has 1 atom stereocenters. The number of hydrogen-bond acceptors (Lipinski definition) is 4. The second-order valence-corrected chi connectivity index (χ2v) is 6.45. The Balaban J connectivity index is 1.96. The van der Waals surface area contributed by atoms with Crippen molar-refractivity contribution in [1.82, 2.24) is 16.2 Å². The largest absolute Gasteiger partial charge is 0.451 e. The van der Waals surface area contributed by atoms with Crippen LogP contribution in [0.5, 0.6) is 0 Å². The average Bonchev–Trinajstić information content (AvgIpc) is 3.05. The third-order valence-electron chi connectivity index (χ3n) is 3.11. The highest BCUT2D eigenvalue weighted by Gasteiger charge is 2.15. The highest BCUT2D eigenvalue weighted by atomic mass is 35.5. The van der Waals surface area contributed by atoms with Gasteiger partial charge in [-0.3, -0.25) is 15.6 Å². The molecule has 1 heterocycles. The van der Waals surface area contributed by atoms with Crippen LogP contribution in [0.3, 0.4) is 0 Å². The van der Waals surface area contributed by atoms with Gasteiger partial charge in [0.25, 0.3) is 0 Å². The predicted octanol–water partition coefficient (Wildman–Crippen LogP) is 3.40. The maximum Gasteiger partial charge on any atom is 0.305 e. The van der Waals surface area contributed by atoms with Crippen LogP contribution < -0.4 is 16.2 Å². The molecule has 9 heteroatoms. The first-order chi connectivity index (χ1) is 11.9. The molecule has 0 saturated carbocycles. The molecule has 1 aromatic carbocycles. The lowest BCUT2D eigenvalue weighted by Gasteiger charge is -2.16. The lowest BCUT2D eigenvalue weighted by atomic mass is 10.2. The zero-order chi connectivity index (χ0) is 18.4. The topological polar surface area (TPSA) is 75.5 Å². The van der Waals surface area contributed by atoms with E-state index in [1.54, 1.807) is 31.4 Å². The van der Waals surface area contributed by atoms with Gasteiger partial charge >= 0.3 is 5.91 Å². The molecule has 0 aliphatic rings. The number of ether oxygens (including phenoxy) is 1. The van der Waals surface area contributed by atoms with E-state index in [1.807, 2.05) is 6.92 Å². The van der Waals surface area contributed by atoms with Crippen LogP contribution in [0.4, 0.5) is 0 Å². The Bertz CT molecular complexity index is 767. The van der Waals surface area contributed by atoms with Gasteiger partial charge in [0.1, 0.15) is 5.76 Å². The minimum atomic E-state index is -0.479. The van der Waals surface area contributed by atoms with Crippen LogP contribution in [0, 0.1) is 0 Å². The fourth-order valence-corrected chi connectivity index (χ4v) is 2.65. The molecule has 134 valence electrons. The number of furan rings is 1. The highest BCUT2D eigenvalue weighted by Crippen LogP contribution is 2.31. The maximum absolute atomic E-state index is 12.1. The van der Waals surface area contributed by atoms with Crippen LogP contribution in [-0.2, 0) is 4.74 Å². The van der Waals surface area contributed by atoms with E-state index in [0.717, 1.165) is 0 Å². The Kier molecular flexibility index (Phi) is 7.07. The number of benzene rings is 1. The van der Waals surface area contributed by atoms with Crippen molar-refractivity contribution in [3.8, 4) is 11.3 Å². The molecular weight excluding hydrogens is 385 g/mol. The number of hydrazine groups is 1. The number of carbonyl (C=O) groups is 1. The van der Waals surface area contributed by atoms with Gasteiger partial charge in [0.05, 0.1) is 11.6 Å². The van der Waals surface area contributed by atoms with Gasteiger partial charge in [0.2, 0.25) is 0 Å². The molecule has 0 radical (unpaired) electrons. The summed E-state index contributed by atoms with van der Waals surface area (Å²) in [7, 11) is 1.59. The molecule has 2 rings (SSSR count). The SMILES string of the molecule is COC[C@@H](C)NC(=S)NNC(=O)c1ccc(-c2cc(Cl)ccc2Cl)o1. The van der Waals surface area contributed by atoms with Crippen molar-refractivity contribution >= 4 is 46.4 Å². The molecule has 0 aliphatic heterocycles. The first kappa shape index (κ1) is 19.5. The summed E-state index contributed by atoms with van der Waals surface area (Å²) in [6.07, 6.45) is 0. The molecule has 0 spiro atoms. The summed E-state index contributed by atoms with van der Waals surface area (Å²) in [6.45, 7) is 2.38. The number of hydrogen-bond donors (Lipinski definition) is 3. The van der Waals surface area contributed by atoms with E-state index in [2.05, 4.69) is 16.2 Å². The Morgan fingerprint density at radius 3 is 2.76 bits per heavy atom. The quantitative estimate of drug-likeness (QED) is 0.526. The molecule has 25 heavy (non-hydrogen) atoms. The minimum Gasteiger partial charge on any atom is -0.451 e. The van der Waals surface area contributed by atoms with E-state index in [9.17, 15) is 4.79 Å². The molecule has 0 saturated heterocycles. The van der Waals surface area contributed by atoms with Crippen LogP contribution in [0.1, 0.15) is 17.5 Å². The summed E-state index contributed by atoms with van der Waals surface area (Å²) in [5, 5.41) is 4.21. The lowest BCUT2D eigenvalue weighted by molar-refractivity contribution is 0.0916. The van der Waals surface area contributed by atoms with Gasteiger partial charge in [-0.1, -0.05) is 23.2 Å². The molecule has 3 N–H and O–H groups in total. The van der Waals surface area contributed by atoms with E-state index >= 15 is 0 Å². The van der Waals surface area contributed by atoms with Crippen molar-refractivity contribution in [1.29, 1.82) is 0 Å². The maximum atomic E-state index is 12.1. The Morgan fingerprint density at radius 1 is 1.28 bits per heavy atom. The predicted molar refractivity (Wildman–Crippen MR) is 102 cm³/mol. The van der Waals surface area contributed by atoms with Crippen molar-refractivity contribution in [2.45, 2.75) is 13.0 Å². The Hall–Kier alpha value is -1.80. The average molecular weight is 402 g/mol. The van der Waals surface area contributed by atoms with Crippen molar-refractivity contribution in [3.05, 3.63) is 46.1 Å². The van der Waals surface area contributed by atoms with Gasteiger partial charge in [-0.25, -0.2) is 0 Å². The van der Waals surface area contributed by atoms with Crippen molar-refractivity contribution in [2.75, 3.05) is 13.7 Å². The summed E-state index contributed by atoms with van der Waals surface area (Å²) in [6, 6.07) is 8.18. The number of thiocarbonyl (C=S) groups is 1. The highest BCUT2D eigenvalue weighted by molar-refractivity contribution is 7.80. The molecule has 0 unspecified atom stereocenters. The number of halogens is 2. The van der Waals surface area contributed by atoms with Crippen LogP contribution in [-0.4, -0.2) is 30.8 Å². The second kappa shape index (κ2) is 9.05. The first-order valence-corrected chi connectivity index (χ1v) is 8.48. The summed E-state index contributed by atoms with van der Waals surface area (Å²) in [5.41, 5.74) is 5.65. The lowest BCUT2D eigenvalue weighted by Crippen LogP contribution is -2.49. The van der Waals surface area contributed by atoms with E-state index in [4.69, 9.17) is 44.6 Å². The molecule has 0 aliphatic carbocycles. The molecule has 0 fully saturated rings. The number of rotatable bonds is 5. The van der Waals surface area contributed by atoms with E-state index in [-0.39, 0.29) is 16.9 Å². The van der Waals surface area contributed by atoms with Crippen LogP contribution in [0.15, 0.2) is 34.7 Å². The van der Waals surface area contributed by atoms with E-state index in [0.29, 0.717) is 28.0 Å². The van der Waals surface area contributed by atoms with Gasteiger partial charge in [-0.2, -0.15) is 0 Å². The van der Waals surface area contributed by atoms with Crippen LogP contribution >= 0.6 is 35.4 Å². The Labute approximate surface area is 160 Å².